The molecule has 9 heteroatoms. The van der Waals surface area contributed by atoms with Crippen molar-refractivity contribution >= 4 is 33.3 Å². The van der Waals surface area contributed by atoms with Gasteiger partial charge in [-0.2, -0.15) is 4.31 Å². The first-order chi connectivity index (χ1) is 12.4. The number of nitrogens with one attached hydrogen (secondary N) is 1. The van der Waals surface area contributed by atoms with E-state index in [1.54, 1.807) is 12.3 Å². The second kappa shape index (κ2) is 7.69. The molecule has 3 rings (SSSR count). The van der Waals surface area contributed by atoms with E-state index in [2.05, 4.69) is 15.3 Å². The Balaban J connectivity index is 1.62. The number of aryl methyl sites for hydroxylation is 1. The predicted octanol–water partition coefficient (Wildman–Crippen LogP) is 2.48. The number of pyridine rings is 2. The van der Waals surface area contributed by atoms with Gasteiger partial charge >= 0.3 is 0 Å². The maximum Gasteiger partial charge on any atom is 0.246 e. The van der Waals surface area contributed by atoms with Gasteiger partial charge in [-0.05, 0) is 43.5 Å². The molecule has 1 aliphatic rings. The first-order valence-corrected chi connectivity index (χ1v) is 10.0. The Morgan fingerprint density at radius 3 is 2.58 bits per heavy atom. The molecule has 2 aromatic heterocycles. The molecule has 26 heavy (non-hydrogen) atoms. The zero-order valence-corrected chi connectivity index (χ0v) is 15.8. The molecule has 7 nitrogen and oxygen atoms in total. The van der Waals surface area contributed by atoms with E-state index in [1.165, 1.54) is 22.6 Å². The highest BCUT2D eigenvalue weighted by atomic mass is 35.5. The lowest BCUT2D eigenvalue weighted by molar-refractivity contribution is -0.120. The Morgan fingerprint density at radius 1 is 1.23 bits per heavy atom. The molecule has 0 bridgehead atoms. The van der Waals surface area contributed by atoms with Crippen molar-refractivity contribution in [3.05, 3.63) is 47.4 Å². The van der Waals surface area contributed by atoms with Crippen LogP contribution in [0.15, 0.2) is 41.6 Å². The molecule has 1 aliphatic heterocycles. The summed E-state index contributed by atoms with van der Waals surface area (Å²) in [7, 11) is -3.71. The van der Waals surface area contributed by atoms with Gasteiger partial charge in [0.05, 0.1) is 0 Å². The first kappa shape index (κ1) is 18.8. The number of piperidine rings is 1. The Hall–Kier alpha value is -2.03. The van der Waals surface area contributed by atoms with Crippen LogP contribution in [0.1, 0.15) is 18.4 Å². The van der Waals surface area contributed by atoms with Crippen molar-refractivity contribution in [2.75, 3.05) is 18.4 Å². The summed E-state index contributed by atoms with van der Waals surface area (Å²) in [5.41, 5.74) is 1.01. The zero-order chi connectivity index (χ0) is 18.7. The molecule has 0 saturated carbocycles. The lowest BCUT2D eigenvalue weighted by Gasteiger charge is -2.30. The van der Waals surface area contributed by atoms with Crippen LogP contribution in [-0.4, -0.2) is 41.7 Å². The molecular weight excluding hydrogens is 376 g/mol. The van der Waals surface area contributed by atoms with Gasteiger partial charge in [0.25, 0.3) is 0 Å². The van der Waals surface area contributed by atoms with E-state index in [-0.39, 0.29) is 35.0 Å². The second-order valence-corrected chi connectivity index (χ2v) is 8.45. The molecule has 1 saturated heterocycles. The number of rotatable bonds is 4. The molecule has 1 amide bonds. The second-order valence-electron chi connectivity index (χ2n) is 6.18. The molecule has 0 spiro atoms. The summed E-state index contributed by atoms with van der Waals surface area (Å²) in [6.45, 7) is 2.43. The van der Waals surface area contributed by atoms with Gasteiger partial charge in [-0.25, -0.2) is 18.4 Å². The lowest BCUT2D eigenvalue weighted by atomic mass is 9.97. The number of sulfonamides is 1. The molecule has 3 heterocycles. The normalized spacial score (nSPS) is 16.4. The number of hydrogen-bond acceptors (Lipinski definition) is 5. The average Bonchev–Trinajstić information content (AvgIpc) is 2.64. The predicted molar refractivity (Wildman–Crippen MR) is 98.3 cm³/mol. The average molecular weight is 395 g/mol. The van der Waals surface area contributed by atoms with Gasteiger partial charge in [0, 0.05) is 31.4 Å². The molecule has 0 aliphatic carbocycles. The summed E-state index contributed by atoms with van der Waals surface area (Å²) in [4.78, 5) is 20.4. The number of amides is 1. The standard InChI is InChI=1S/C17H19ClN4O3S/c1-12-4-5-15(20-11-12)21-17(23)13-6-9-22(10-7-13)26(24,25)14-3-2-8-19-16(14)18/h2-5,8,11,13H,6-7,9-10H2,1H3,(H,20,21,23). The molecule has 0 atom stereocenters. The largest absolute Gasteiger partial charge is 0.310 e. The molecule has 0 aromatic carbocycles. The Morgan fingerprint density at radius 2 is 1.96 bits per heavy atom. The van der Waals surface area contributed by atoms with Crippen molar-refractivity contribution in [1.82, 2.24) is 14.3 Å². The van der Waals surface area contributed by atoms with Crippen LogP contribution < -0.4 is 5.32 Å². The molecule has 0 unspecified atom stereocenters. The van der Waals surface area contributed by atoms with Gasteiger partial charge in [-0.3, -0.25) is 4.79 Å². The third kappa shape index (κ3) is 4.03. The number of halogens is 1. The molecule has 1 N–H and O–H groups in total. The van der Waals surface area contributed by atoms with Gasteiger partial charge in [-0.15, -0.1) is 0 Å². The first-order valence-electron chi connectivity index (χ1n) is 8.22. The Bertz CT molecular complexity index is 894. The molecule has 2 aromatic rings. The summed E-state index contributed by atoms with van der Waals surface area (Å²) in [5.74, 6) is 0.101. The molecular formula is C17H19ClN4O3S. The number of anilines is 1. The number of carbonyl (C=O) groups excluding carboxylic acids is 1. The van der Waals surface area contributed by atoms with E-state index in [0.717, 1.165) is 5.56 Å². The van der Waals surface area contributed by atoms with Crippen molar-refractivity contribution in [2.24, 2.45) is 5.92 Å². The summed E-state index contributed by atoms with van der Waals surface area (Å²) in [6, 6.07) is 6.59. The monoisotopic (exact) mass is 394 g/mol. The number of nitrogens with zero attached hydrogens (tertiary/aromatic N) is 3. The van der Waals surface area contributed by atoms with Gasteiger partial charge < -0.3 is 5.32 Å². The molecule has 0 radical (unpaired) electrons. The van der Waals surface area contributed by atoms with Gasteiger partial charge in [0.1, 0.15) is 15.9 Å². The Kier molecular flexibility index (Phi) is 5.55. The molecule has 1 fully saturated rings. The SMILES string of the molecule is Cc1ccc(NC(=O)C2CCN(S(=O)(=O)c3cccnc3Cl)CC2)nc1. The van der Waals surface area contributed by atoms with E-state index >= 15 is 0 Å². The van der Waals surface area contributed by atoms with E-state index in [4.69, 9.17) is 11.6 Å². The minimum atomic E-state index is -3.71. The minimum absolute atomic E-state index is 0.00609. The highest BCUT2D eigenvalue weighted by Crippen LogP contribution is 2.27. The van der Waals surface area contributed by atoms with Crippen LogP contribution in [0.4, 0.5) is 5.82 Å². The number of carbonyl (C=O) groups is 1. The van der Waals surface area contributed by atoms with E-state index < -0.39 is 10.0 Å². The van der Waals surface area contributed by atoms with Crippen LogP contribution in [0.5, 0.6) is 0 Å². The summed E-state index contributed by atoms with van der Waals surface area (Å²) >= 11 is 5.92. The van der Waals surface area contributed by atoms with Crippen LogP contribution in [0.2, 0.25) is 5.15 Å². The van der Waals surface area contributed by atoms with Gasteiger partial charge in [-0.1, -0.05) is 17.7 Å². The van der Waals surface area contributed by atoms with E-state index in [1.807, 2.05) is 13.0 Å². The van der Waals surface area contributed by atoms with Crippen molar-refractivity contribution in [2.45, 2.75) is 24.7 Å². The van der Waals surface area contributed by atoms with Gasteiger partial charge in [0.15, 0.2) is 0 Å². The minimum Gasteiger partial charge on any atom is -0.310 e. The van der Waals surface area contributed by atoms with Crippen LogP contribution in [0.25, 0.3) is 0 Å². The maximum absolute atomic E-state index is 12.7. The maximum atomic E-state index is 12.7. The van der Waals surface area contributed by atoms with E-state index in [9.17, 15) is 13.2 Å². The topological polar surface area (TPSA) is 92.3 Å². The summed E-state index contributed by atoms with van der Waals surface area (Å²) in [6.07, 6.45) is 4.00. The fourth-order valence-corrected chi connectivity index (χ4v) is 4.73. The number of aromatic nitrogens is 2. The van der Waals surface area contributed by atoms with Crippen molar-refractivity contribution in [3.8, 4) is 0 Å². The van der Waals surface area contributed by atoms with Crippen molar-refractivity contribution in [3.63, 3.8) is 0 Å². The van der Waals surface area contributed by atoms with Crippen LogP contribution >= 0.6 is 11.6 Å². The van der Waals surface area contributed by atoms with E-state index in [0.29, 0.717) is 18.7 Å². The highest BCUT2D eigenvalue weighted by molar-refractivity contribution is 7.89. The van der Waals surface area contributed by atoms with Crippen LogP contribution in [0, 0.1) is 12.8 Å². The number of hydrogen-bond donors (Lipinski definition) is 1. The smallest absolute Gasteiger partial charge is 0.246 e. The van der Waals surface area contributed by atoms with Crippen molar-refractivity contribution in [1.29, 1.82) is 0 Å². The van der Waals surface area contributed by atoms with Crippen molar-refractivity contribution < 1.29 is 13.2 Å². The van der Waals surface area contributed by atoms with Gasteiger partial charge in [0.2, 0.25) is 15.9 Å². The summed E-state index contributed by atoms with van der Waals surface area (Å²) in [5, 5.41) is 2.74. The third-order valence-corrected chi connectivity index (χ3v) is 6.67. The zero-order valence-electron chi connectivity index (χ0n) is 14.2. The fourth-order valence-electron chi connectivity index (χ4n) is 2.83. The quantitative estimate of drug-likeness (QED) is 0.804. The van der Waals surface area contributed by atoms with Crippen LogP contribution in [-0.2, 0) is 14.8 Å². The van der Waals surface area contributed by atoms with Crippen LogP contribution in [0.3, 0.4) is 0 Å². The fraction of sp³-hybridized carbons (Fsp3) is 0.353. The molecule has 138 valence electrons. The highest BCUT2D eigenvalue weighted by Gasteiger charge is 2.33. The summed E-state index contributed by atoms with van der Waals surface area (Å²) < 4.78 is 26.7. The third-order valence-electron chi connectivity index (χ3n) is 4.33. The lowest BCUT2D eigenvalue weighted by Crippen LogP contribution is -2.41. The Labute approximate surface area is 157 Å².